The Morgan fingerprint density at radius 3 is 2.54 bits per heavy atom. The first-order chi connectivity index (χ1) is 11.4. The molecule has 0 amide bonds. The quantitative estimate of drug-likeness (QED) is 0.656. The van der Waals surface area contributed by atoms with Crippen LogP contribution in [0.15, 0.2) is 32.6 Å². The zero-order valence-corrected chi connectivity index (χ0v) is 13.7. The molecule has 3 rings (SSSR count). The standard InChI is InChI=1S/C15H18N6O3/c1-19(7-9-5-4-6-11(22)16-9)8-10-17-12-13(18-10)20(2)15(24)21(3)14(12)23/h4-6H,7-8H2,1-3H3,(H,16,22)(H,17,18). The van der Waals surface area contributed by atoms with E-state index in [-0.39, 0.29) is 5.56 Å². The van der Waals surface area contributed by atoms with E-state index in [2.05, 4.69) is 15.0 Å². The van der Waals surface area contributed by atoms with Crippen molar-refractivity contribution in [2.24, 2.45) is 14.1 Å². The number of H-pyrrole nitrogens is 2. The number of fused-ring (bicyclic) bond motifs is 1. The topological polar surface area (TPSA) is 109 Å². The first-order valence-electron chi connectivity index (χ1n) is 7.38. The average Bonchev–Trinajstić information content (AvgIpc) is 2.94. The molecule has 126 valence electrons. The highest BCUT2D eigenvalue weighted by Crippen LogP contribution is 2.07. The van der Waals surface area contributed by atoms with Crippen molar-refractivity contribution in [2.75, 3.05) is 7.05 Å². The Hall–Kier alpha value is -2.94. The molecule has 3 aromatic heterocycles. The summed E-state index contributed by atoms with van der Waals surface area (Å²) in [6, 6.07) is 4.98. The molecule has 0 radical (unpaired) electrons. The van der Waals surface area contributed by atoms with Crippen molar-refractivity contribution in [2.45, 2.75) is 13.1 Å². The molecule has 0 unspecified atom stereocenters. The van der Waals surface area contributed by atoms with E-state index in [0.29, 0.717) is 30.1 Å². The Balaban J connectivity index is 1.89. The molecule has 0 aliphatic carbocycles. The number of aromatic amines is 2. The molecule has 0 aliphatic rings. The van der Waals surface area contributed by atoms with Crippen molar-refractivity contribution in [1.82, 2.24) is 29.0 Å². The maximum Gasteiger partial charge on any atom is 0.332 e. The maximum atomic E-state index is 12.2. The Bertz CT molecular complexity index is 1070. The minimum atomic E-state index is -0.416. The van der Waals surface area contributed by atoms with E-state index in [1.807, 2.05) is 18.0 Å². The van der Waals surface area contributed by atoms with Crippen molar-refractivity contribution in [3.05, 3.63) is 60.9 Å². The molecule has 3 heterocycles. The van der Waals surface area contributed by atoms with Crippen molar-refractivity contribution in [1.29, 1.82) is 0 Å². The number of pyridine rings is 1. The monoisotopic (exact) mass is 330 g/mol. The highest BCUT2D eigenvalue weighted by molar-refractivity contribution is 5.69. The third-order valence-corrected chi connectivity index (χ3v) is 3.83. The molecule has 0 atom stereocenters. The summed E-state index contributed by atoms with van der Waals surface area (Å²) >= 11 is 0. The predicted molar refractivity (Wildman–Crippen MR) is 88.8 cm³/mol. The Labute approximate surface area is 136 Å². The summed E-state index contributed by atoms with van der Waals surface area (Å²) in [6.45, 7) is 0.951. The van der Waals surface area contributed by atoms with Gasteiger partial charge in [-0.15, -0.1) is 0 Å². The van der Waals surface area contributed by atoms with Crippen molar-refractivity contribution < 1.29 is 0 Å². The highest BCUT2D eigenvalue weighted by atomic mass is 16.2. The first-order valence-corrected chi connectivity index (χ1v) is 7.38. The van der Waals surface area contributed by atoms with Gasteiger partial charge in [-0.1, -0.05) is 6.07 Å². The lowest BCUT2D eigenvalue weighted by atomic mass is 10.3. The van der Waals surface area contributed by atoms with Crippen LogP contribution in [0.4, 0.5) is 0 Å². The van der Waals surface area contributed by atoms with Gasteiger partial charge in [0.05, 0.1) is 6.54 Å². The summed E-state index contributed by atoms with van der Waals surface area (Å²) in [6.07, 6.45) is 0. The third kappa shape index (κ3) is 2.81. The second-order valence-electron chi connectivity index (χ2n) is 5.80. The van der Waals surface area contributed by atoms with E-state index in [4.69, 9.17) is 0 Å². The number of imidazole rings is 1. The van der Waals surface area contributed by atoms with Crippen LogP contribution in [-0.2, 0) is 27.2 Å². The lowest BCUT2D eigenvalue weighted by molar-refractivity contribution is 0.308. The molecule has 2 N–H and O–H groups in total. The fraction of sp³-hybridized carbons (Fsp3) is 0.333. The van der Waals surface area contributed by atoms with Gasteiger partial charge in [0.2, 0.25) is 5.56 Å². The molecule has 0 fully saturated rings. The predicted octanol–water partition coefficient (Wildman–Crippen LogP) is -0.719. The van der Waals surface area contributed by atoms with E-state index < -0.39 is 11.2 Å². The molecule has 9 heteroatoms. The molecule has 0 aromatic carbocycles. The number of hydrogen-bond acceptors (Lipinski definition) is 5. The lowest BCUT2D eigenvalue weighted by Crippen LogP contribution is -2.36. The van der Waals surface area contributed by atoms with Crippen LogP contribution in [0.25, 0.3) is 11.2 Å². The maximum absolute atomic E-state index is 12.2. The highest BCUT2D eigenvalue weighted by Gasteiger charge is 2.14. The zero-order chi connectivity index (χ0) is 17.4. The number of aryl methyl sites for hydroxylation is 1. The molecule has 0 spiro atoms. The van der Waals surface area contributed by atoms with Gasteiger partial charge in [0, 0.05) is 32.4 Å². The Kier molecular flexibility index (Phi) is 3.94. The molecular formula is C15H18N6O3. The van der Waals surface area contributed by atoms with Gasteiger partial charge in [-0.05, 0) is 13.1 Å². The Morgan fingerprint density at radius 1 is 1.08 bits per heavy atom. The van der Waals surface area contributed by atoms with Crippen LogP contribution in [-0.4, -0.2) is 36.0 Å². The number of aromatic nitrogens is 5. The average molecular weight is 330 g/mol. The summed E-state index contributed by atoms with van der Waals surface area (Å²) in [5.41, 5.74) is 0.450. The summed E-state index contributed by atoms with van der Waals surface area (Å²) in [7, 11) is 4.88. The number of nitrogens with one attached hydrogen (secondary N) is 2. The largest absolute Gasteiger partial charge is 0.335 e. The third-order valence-electron chi connectivity index (χ3n) is 3.83. The second-order valence-corrected chi connectivity index (χ2v) is 5.80. The minimum absolute atomic E-state index is 0.150. The van der Waals surface area contributed by atoms with Crippen LogP contribution >= 0.6 is 0 Å². The van der Waals surface area contributed by atoms with Crippen molar-refractivity contribution >= 4 is 11.2 Å². The van der Waals surface area contributed by atoms with Gasteiger partial charge < -0.3 is 9.97 Å². The summed E-state index contributed by atoms with van der Waals surface area (Å²) in [5.74, 6) is 0.573. The molecule has 0 aliphatic heterocycles. The van der Waals surface area contributed by atoms with E-state index in [1.54, 1.807) is 13.1 Å². The molecule has 24 heavy (non-hydrogen) atoms. The van der Waals surface area contributed by atoms with Gasteiger partial charge >= 0.3 is 5.69 Å². The second kappa shape index (κ2) is 5.93. The fourth-order valence-corrected chi connectivity index (χ4v) is 2.64. The summed E-state index contributed by atoms with van der Waals surface area (Å²) in [4.78, 5) is 47.4. The number of nitrogens with zero attached hydrogens (tertiary/aromatic N) is 4. The van der Waals surface area contributed by atoms with E-state index >= 15 is 0 Å². The number of hydrogen-bond donors (Lipinski definition) is 2. The smallest absolute Gasteiger partial charge is 0.332 e. The van der Waals surface area contributed by atoms with Crippen LogP contribution in [0.5, 0.6) is 0 Å². The van der Waals surface area contributed by atoms with Gasteiger partial charge in [-0.25, -0.2) is 9.78 Å². The molecule has 0 saturated heterocycles. The van der Waals surface area contributed by atoms with Gasteiger partial charge in [-0.2, -0.15) is 0 Å². The van der Waals surface area contributed by atoms with Crippen molar-refractivity contribution in [3.8, 4) is 0 Å². The van der Waals surface area contributed by atoms with Crippen LogP contribution in [0.2, 0.25) is 0 Å². The van der Waals surface area contributed by atoms with Crippen LogP contribution < -0.4 is 16.8 Å². The fourth-order valence-electron chi connectivity index (χ4n) is 2.64. The summed E-state index contributed by atoms with van der Waals surface area (Å²) in [5, 5.41) is 0. The van der Waals surface area contributed by atoms with E-state index in [9.17, 15) is 14.4 Å². The molecular weight excluding hydrogens is 312 g/mol. The normalized spacial score (nSPS) is 11.5. The van der Waals surface area contributed by atoms with E-state index in [1.165, 1.54) is 17.7 Å². The Morgan fingerprint density at radius 2 is 1.83 bits per heavy atom. The first kappa shape index (κ1) is 15.9. The van der Waals surface area contributed by atoms with Gasteiger partial charge in [0.25, 0.3) is 5.56 Å². The van der Waals surface area contributed by atoms with Gasteiger partial charge in [-0.3, -0.25) is 23.6 Å². The lowest BCUT2D eigenvalue weighted by Gasteiger charge is -2.14. The summed E-state index contributed by atoms with van der Waals surface area (Å²) < 4.78 is 2.38. The van der Waals surface area contributed by atoms with Crippen LogP contribution in [0, 0.1) is 0 Å². The minimum Gasteiger partial charge on any atom is -0.335 e. The molecule has 0 bridgehead atoms. The van der Waals surface area contributed by atoms with Gasteiger partial charge in [0.15, 0.2) is 5.65 Å². The molecule has 9 nitrogen and oxygen atoms in total. The van der Waals surface area contributed by atoms with Crippen molar-refractivity contribution in [3.63, 3.8) is 0 Å². The molecule has 0 saturated carbocycles. The van der Waals surface area contributed by atoms with Crippen LogP contribution in [0.3, 0.4) is 0 Å². The zero-order valence-electron chi connectivity index (χ0n) is 13.7. The van der Waals surface area contributed by atoms with E-state index in [0.717, 1.165) is 10.3 Å². The van der Waals surface area contributed by atoms with Gasteiger partial charge in [0.1, 0.15) is 11.3 Å². The number of rotatable bonds is 4. The SMILES string of the molecule is CN(Cc1cccc(=O)[nH]1)Cc1nc2c([nH]1)c(=O)n(C)c(=O)n2C. The molecule has 3 aromatic rings. The van der Waals surface area contributed by atoms with Crippen LogP contribution in [0.1, 0.15) is 11.5 Å².